The highest BCUT2D eigenvalue weighted by Gasteiger charge is 2.00. The fraction of sp³-hybridized carbons (Fsp3) is 0.200. The van der Waals surface area contributed by atoms with Crippen molar-refractivity contribution in [1.82, 2.24) is 0 Å². The van der Waals surface area contributed by atoms with Crippen LogP contribution in [0.3, 0.4) is 0 Å². The molecule has 0 amide bonds. The fourth-order valence-corrected chi connectivity index (χ4v) is 1.38. The van der Waals surface area contributed by atoms with Crippen LogP contribution in [0.5, 0.6) is 0 Å². The molecule has 0 aliphatic carbocycles. The van der Waals surface area contributed by atoms with Crippen molar-refractivity contribution in [3.05, 3.63) is 46.0 Å². The van der Waals surface area contributed by atoms with Gasteiger partial charge in [0.15, 0.2) is 0 Å². The fourth-order valence-electron chi connectivity index (χ4n) is 1.00. The standard InChI is InChI=1S/C10H10Cl2/c1-7(2)5-8-6-9(11)3-4-10(8)12/h3-4,6H,1,5H2,2H3. The second-order valence-corrected chi connectivity index (χ2v) is 3.71. The second kappa shape index (κ2) is 3.97. The van der Waals surface area contributed by atoms with Crippen LogP contribution in [0.25, 0.3) is 0 Å². The average molecular weight is 201 g/mol. The van der Waals surface area contributed by atoms with Gasteiger partial charge in [0.2, 0.25) is 0 Å². The Labute approximate surface area is 82.8 Å². The molecule has 2 heteroatoms. The third kappa shape index (κ3) is 2.54. The van der Waals surface area contributed by atoms with Gasteiger partial charge in [-0.1, -0.05) is 35.4 Å². The molecule has 0 spiro atoms. The molecule has 0 aliphatic heterocycles. The van der Waals surface area contributed by atoms with E-state index < -0.39 is 0 Å². The Morgan fingerprint density at radius 1 is 1.42 bits per heavy atom. The molecular formula is C10H10Cl2. The summed E-state index contributed by atoms with van der Waals surface area (Å²) in [4.78, 5) is 0. The van der Waals surface area contributed by atoms with Crippen LogP contribution in [0, 0.1) is 0 Å². The van der Waals surface area contributed by atoms with Crippen LogP contribution in [0.2, 0.25) is 10.0 Å². The van der Waals surface area contributed by atoms with Crippen LogP contribution in [0.15, 0.2) is 30.4 Å². The van der Waals surface area contributed by atoms with Gasteiger partial charge < -0.3 is 0 Å². The average Bonchev–Trinajstić information content (AvgIpc) is 1.96. The molecule has 0 fully saturated rings. The van der Waals surface area contributed by atoms with E-state index in [-0.39, 0.29) is 0 Å². The molecule has 1 aromatic carbocycles. The zero-order chi connectivity index (χ0) is 9.14. The normalized spacial score (nSPS) is 9.92. The molecule has 0 atom stereocenters. The van der Waals surface area contributed by atoms with E-state index in [1.54, 1.807) is 6.07 Å². The zero-order valence-electron chi connectivity index (χ0n) is 6.90. The molecule has 0 saturated heterocycles. The Hall–Kier alpha value is -0.460. The third-order valence-electron chi connectivity index (χ3n) is 1.50. The monoisotopic (exact) mass is 200 g/mol. The topological polar surface area (TPSA) is 0 Å². The van der Waals surface area contributed by atoms with Gasteiger partial charge >= 0.3 is 0 Å². The van der Waals surface area contributed by atoms with E-state index in [9.17, 15) is 0 Å². The molecule has 1 rings (SSSR count). The van der Waals surface area contributed by atoms with E-state index >= 15 is 0 Å². The summed E-state index contributed by atoms with van der Waals surface area (Å²) in [5, 5.41) is 1.47. The predicted molar refractivity (Wildman–Crippen MR) is 55.0 cm³/mol. The Kier molecular flexibility index (Phi) is 3.19. The molecule has 64 valence electrons. The maximum absolute atomic E-state index is 5.94. The summed E-state index contributed by atoms with van der Waals surface area (Å²) in [5.41, 5.74) is 2.12. The highest BCUT2D eigenvalue weighted by molar-refractivity contribution is 6.33. The molecule has 0 saturated carbocycles. The lowest BCUT2D eigenvalue weighted by atomic mass is 10.1. The molecule has 0 aliphatic rings. The summed E-state index contributed by atoms with van der Waals surface area (Å²) in [7, 11) is 0. The Balaban J connectivity index is 2.97. The van der Waals surface area contributed by atoms with Gasteiger partial charge in [0.1, 0.15) is 0 Å². The van der Waals surface area contributed by atoms with Crippen LogP contribution in [0.4, 0.5) is 0 Å². The molecule has 0 N–H and O–H groups in total. The van der Waals surface area contributed by atoms with Crippen molar-refractivity contribution in [3.8, 4) is 0 Å². The summed E-state index contributed by atoms with van der Waals surface area (Å²) >= 11 is 11.8. The Bertz CT molecular complexity index is 303. The Morgan fingerprint density at radius 3 is 2.67 bits per heavy atom. The van der Waals surface area contributed by atoms with Gasteiger partial charge in [-0.25, -0.2) is 0 Å². The molecule has 0 heterocycles. The molecule has 0 bridgehead atoms. The van der Waals surface area contributed by atoms with E-state index in [0.717, 1.165) is 27.6 Å². The predicted octanol–water partition coefficient (Wildman–Crippen LogP) is 4.11. The summed E-state index contributed by atoms with van der Waals surface area (Å²) < 4.78 is 0. The minimum absolute atomic E-state index is 0.718. The van der Waals surface area contributed by atoms with Gasteiger partial charge in [0, 0.05) is 10.0 Å². The maximum Gasteiger partial charge on any atom is 0.0442 e. The number of benzene rings is 1. The lowest BCUT2D eigenvalue weighted by Crippen LogP contribution is -1.86. The van der Waals surface area contributed by atoms with Crippen molar-refractivity contribution >= 4 is 23.2 Å². The number of hydrogen-bond acceptors (Lipinski definition) is 0. The Morgan fingerprint density at radius 2 is 2.08 bits per heavy atom. The third-order valence-corrected chi connectivity index (χ3v) is 2.10. The largest absolute Gasteiger partial charge is 0.0998 e. The number of allylic oxidation sites excluding steroid dienone is 1. The molecule has 0 nitrogen and oxygen atoms in total. The quantitative estimate of drug-likeness (QED) is 0.631. The summed E-state index contributed by atoms with van der Waals surface area (Å²) in [6, 6.07) is 5.46. The van der Waals surface area contributed by atoms with Crippen molar-refractivity contribution in [2.24, 2.45) is 0 Å². The SMILES string of the molecule is C=C(C)Cc1cc(Cl)ccc1Cl. The van der Waals surface area contributed by atoms with E-state index in [1.807, 2.05) is 19.1 Å². The lowest BCUT2D eigenvalue weighted by Gasteiger charge is -2.03. The summed E-state index contributed by atoms with van der Waals surface area (Å²) in [6.07, 6.45) is 0.791. The van der Waals surface area contributed by atoms with Crippen LogP contribution in [-0.2, 0) is 6.42 Å². The van der Waals surface area contributed by atoms with Gasteiger partial charge in [-0.3, -0.25) is 0 Å². The van der Waals surface area contributed by atoms with Gasteiger partial charge in [0.25, 0.3) is 0 Å². The van der Waals surface area contributed by atoms with Crippen molar-refractivity contribution in [2.45, 2.75) is 13.3 Å². The van der Waals surface area contributed by atoms with Crippen molar-refractivity contribution < 1.29 is 0 Å². The van der Waals surface area contributed by atoms with Gasteiger partial charge in [-0.05, 0) is 37.1 Å². The van der Waals surface area contributed by atoms with Crippen LogP contribution >= 0.6 is 23.2 Å². The summed E-state index contributed by atoms with van der Waals surface area (Å²) in [5.74, 6) is 0. The van der Waals surface area contributed by atoms with Crippen molar-refractivity contribution in [1.29, 1.82) is 0 Å². The van der Waals surface area contributed by atoms with Crippen molar-refractivity contribution in [3.63, 3.8) is 0 Å². The number of halogens is 2. The first-order valence-electron chi connectivity index (χ1n) is 3.68. The van der Waals surface area contributed by atoms with Crippen LogP contribution in [-0.4, -0.2) is 0 Å². The van der Waals surface area contributed by atoms with Crippen LogP contribution in [0.1, 0.15) is 12.5 Å². The highest BCUT2D eigenvalue weighted by Crippen LogP contribution is 2.22. The molecular weight excluding hydrogens is 191 g/mol. The smallest absolute Gasteiger partial charge is 0.0442 e. The minimum atomic E-state index is 0.718. The molecule has 1 aromatic rings. The molecule has 0 aromatic heterocycles. The molecule has 0 unspecified atom stereocenters. The van der Waals surface area contributed by atoms with Gasteiger partial charge in [-0.2, -0.15) is 0 Å². The first-order chi connectivity index (χ1) is 5.59. The lowest BCUT2D eigenvalue weighted by molar-refractivity contribution is 1.15. The second-order valence-electron chi connectivity index (χ2n) is 2.87. The van der Waals surface area contributed by atoms with E-state index in [2.05, 4.69) is 6.58 Å². The zero-order valence-corrected chi connectivity index (χ0v) is 8.41. The van der Waals surface area contributed by atoms with E-state index in [0.29, 0.717) is 0 Å². The molecule has 12 heavy (non-hydrogen) atoms. The van der Waals surface area contributed by atoms with Gasteiger partial charge in [0.05, 0.1) is 0 Å². The van der Waals surface area contributed by atoms with E-state index in [4.69, 9.17) is 23.2 Å². The molecule has 0 radical (unpaired) electrons. The summed E-state index contributed by atoms with van der Waals surface area (Å²) in [6.45, 7) is 5.79. The van der Waals surface area contributed by atoms with E-state index in [1.165, 1.54) is 0 Å². The highest BCUT2D eigenvalue weighted by atomic mass is 35.5. The first kappa shape index (κ1) is 9.63. The first-order valence-corrected chi connectivity index (χ1v) is 4.43. The number of hydrogen-bond donors (Lipinski definition) is 0. The minimum Gasteiger partial charge on any atom is -0.0998 e. The van der Waals surface area contributed by atoms with Crippen molar-refractivity contribution in [2.75, 3.05) is 0 Å². The number of rotatable bonds is 2. The maximum atomic E-state index is 5.94. The van der Waals surface area contributed by atoms with Gasteiger partial charge in [-0.15, -0.1) is 0 Å². The van der Waals surface area contributed by atoms with Crippen LogP contribution < -0.4 is 0 Å².